The number of nitrogens with zero attached hydrogens (tertiary/aromatic N) is 4. The summed E-state index contributed by atoms with van der Waals surface area (Å²) in [5.41, 5.74) is 5.21. The average molecular weight is 757 g/mol. The standard InChI is InChI=1S/C39H48N8O8/c1-20(2)32(44-38(52)53)36(50)46-18-26(48)14-30(46)34-40-16-28(42-34)24-10-6-22(7-11-24)23-8-12-25(13-9-23)29-17-41-35(43-29)31-15-27(49)19-47(31)37(51)33(21(3)4)45-39(54)55-5/h6-13,16-17,20-21,26-27,30-33,44,48-49H,14-15,18-19H2,1-5H3,(H,40,42)(H,41,43)(H,45,54)(H,52,53)/t26-,27-,30-,31-,32-,33-/m0/s1. The van der Waals surface area contributed by atoms with E-state index >= 15 is 0 Å². The Balaban J connectivity index is 1.13. The molecule has 6 atom stereocenters. The minimum Gasteiger partial charge on any atom is -0.465 e. The highest BCUT2D eigenvalue weighted by atomic mass is 16.5. The topological polar surface area (TPSA) is 226 Å². The third kappa shape index (κ3) is 8.49. The first kappa shape index (κ1) is 39.0. The lowest BCUT2D eigenvalue weighted by atomic mass is 10.0. The highest BCUT2D eigenvalue weighted by molar-refractivity contribution is 5.87. The van der Waals surface area contributed by atoms with Crippen molar-refractivity contribution >= 4 is 24.0 Å². The number of benzene rings is 2. The van der Waals surface area contributed by atoms with Gasteiger partial charge in [-0.25, -0.2) is 19.6 Å². The van der Waals surface area contributed by atoms with Crippen LogP contribution in [0.15, 0.2) is 60.9 Å². The van der Waals surface area contributed by atoms with Crippen LogP contribution in [0.2, 0.25) is 0 Å². The molecule has 2 fully saturated rings. The number of H-pyrrole nitrogens is 2. The van der Waals surface area contributed by atoms with Gasteiger partial charge in [0.05, 0.1) is 55.2 Å². The van der Waals surface area contributed by atoms with Gasteiger partial charge < -0.3 is 50.5 Å². The van der Waals surface area contributed by atoms with Crippen molar-refractivity contribution in [1.29, 1.82) is 0 Å². The first-order valence-corrected chi connectivity index (χ1v) is 18.4. The van der Waals surface area contributed by atoms with Crippen LogP contribution in [-0.4, -0.2) is 114 Å². The Hall–Kier alpha value is -5.74. The van der Waals surface area contributed by atoms with E-state index in [4.69, 9.17) is 4.74 Å². The molecular formula is C39H48N8O8. The normalized spacial score (nSPS) is 20.8. The number of aromatic amines is 2. The highest BCUT2D eigenvalue weighted by Crippen LogP contribution is 2.35. The van der Waals surface area contributed by atoms with E-state index in [0.717, 1.165) is 33.6 Å². The van der Waals surface area contributed by atoms with E-state index < -0.39 is 54.5 Å². The number of ether oxygens (including phenoxy) is 1. The van der Waals surface area contributed by atoms with Gasteiger partial charge in [0, 0.05) is 25.9 Å². The van der Waals surface area contributed by atoms with E-state index in [1.54, 1.807) is 31.1 Å². The van der Waals surface area contributed by atoms with Gasteiger partial charge in [-0.3, -0.25) is 9.59 Å². The summed E-state index contributed by atoms with van der Waals surface area (Å²) in [7, 11) is 1.24. The van der Waals surface area contributed by atoms with Crippen molar-refractivity contribution in [2.45, 2.75) is 76.9 Å². The lowest BCUT2D eigenvalue weighted by Crippen LogP contribution is -2.51. The lowest BCUT2D eigenvalue weighted by Gasteiger charge is -2.29. The number of hydrogen-bond donors (Lipinski definition) is 7. The fourth-order valence-electron chi connectivity index (χ4n) is 7.33. The Bertz CT molecular complexity index is 1990. The molecule has 2 aromatic carbocycles. The monoisotopic (exact) mass is 756 g/mol. The molecule has 0 spiro atoms. The zero-order chi connectivity index (χ0) is 39.6. The SMILES string of the molecule is COC(=O)N[C@H](C(=O)N1C[C@@H](O)C[C@H]1c1ncc(-c2ccc(-c3ccc(-c4cnc([C@@H]5C[C@H](O)CN5C(=O)[C@@H](NC(=O)O)C(C)C)[nH]4)cc3)cc2)[nH]1)C(C)C. The number of alkyl carbamates (subject to hydrolysis) is 1. The van der Waals surface area contributed by atoms with Gasteiger partial charge in [0.2, 0.25) is 11.8 Å². The summed E-state index contributed by atoms with van der Waals surface area (Å²) >= 11 is 0. The van der Waals surface area contributed by atoms with Crippen molar-refractivity contribution in [1.82, 2.24) is 40.4 Å². The van der Waals surface area contributed by atoms with E-state index in [0.29, 0.717) is 18.1 Å². The number of aliphatic hydroxyl groups is 2. The molecule has 2 aliphatic heterocycles. The summed E-state index contributed by atoms with van der Waals surface area (Å²) in [6, 6.07) is 13.1. The van der Waals surface area contributed by atoms with Crippen LogP contribution < -0.4 is 10.6 Å². The van der Waals surface area contributed by atoms with Crippen LogP contribution in [0, 0.1) is 11.8 Å². The molecule has 4 amide bonds. The predicted molar refractivity (Wildman–Crippen MR) is 201 cm³/mol. The number of carboxylic acid groups (broad SMARTS) is 1. The van der Waals surface area contributed by atoms with Crippen LogP contribution in [0.4, 0.5) is 9.59 Å². The number of carbonyl (C=O) groups excluding carboxylic acids is 3. The first-order chi connectivity index (χ1) is 26.2. The van der Waals surface area contributed by atoms with Crippen molar-refractivity contribution in [3.63, 3.8) is 0 Å². The largest absolute Gasteiger partial charge is 0.465 e. The molecule has 0 aliphatic carbocycles. The second-order valence-corrected chi connectivity index (χ2v) is 14.8. The van der Waals surface area contributed by atoms with Crippen LogP contribution >= 0.6 is 0 Å². The number of carbonyl (C=O) groups is 4. The Labute approximate surface area is 318 Å². The lowest BCUT2D eigenvalue weighted by molar-refractivity contribution is -0.136. The summed E-state index contributed by atoms with van der Waals surface area (Å²) in [4.78, 5) is 69.0. The number of β-amino-alcohol motifs (C(OH)–C–C–N with tert-alkyl or cyclic N) is 2. The Morgan fingerprint density at radius 1 is 0.691 bits per heavy atom. The predicted octanol–water partition coefficient (Wildman–Crippen LogP) is 4.08. The fraction of sp³-hybridized carbons (Fsp3) is 0.436. The summed E-state index contributed by atoms with van der Waals surface area (Å²) in [5, 5.41) is 35.2. The number of imidazole rings is 2. The van der Waals surface area contributed by atoms with Gasteiger partial charge >= 0.3 is 12.2 Å². The smallest absolute Gasteiger partial charge is 0.407 e. The second-order valence-electron chi connectivity index (χ2n) is 14.8. The van der Waals surface area contributed by atoms with E-state index in [9.17, 15) is 34.5 Å². The van der Waals surface area contributed by atoms with E-state index in [2.05, 4.69) is 30.6 Å². The third-order valence-corrected chi connectivity index (χ3v) is 10.3. The molecule has 2 aliphatic rings. The van der Waals surface area contributed by atoms with Crippen molar-refractivity contribution < 1.29 is 39.2 Å². The number of rotatable bonds is 11. The molecule has 0 bridgehead atoms. The molecule has 6 rings (SSSR count). The number of likely N-dealkylation sites (tertiary alicyclic amines) is 2. The number of aliphatic hydroxyl groups excluding tert-OH is 2. The van der Waals surface area contributed by atoms with Crippen LogP contribution in [0.1, 0.15) is 64.3 Å². The van der Waals surface area contributed by atoms with Crippen LogP contribution in [0.25, 0.3) is 33.6 Å². The van der Waals surface area contributed by atoms with Crippen molar-refractivity contribution in [2.75, 3.05) is 20.2 Å². The van der Waals surface area contributed by atoms with E-state index in [1.165, 1.54) is 12.0 Å². The van der Waals surface area contributed by atoms with Crippen LogP contribution in [0.5, 0.6) is 0 Å². The highest BCUT2D eigenvalue weighted by Gasteiger charge is 2.42. The second kappa shape index (κ2) is 16.3. The summed E-state index contributed by atoms with van der Waals surface area (Å²) < 4.78 is 4.71. The molecule has 4 heterocycles. The third-order valence-electron chi connectivity index (χ3n) is 10.3. The van der Waals surface area contributed by atoms with E-state index in [1.807, 2.05) is 62.4 Å². The molecule has 2 saturated heterocycles. The molecular weight excluding hydrogens is 708 g/mol. The summed E-state index contributed by atoms with van der Waals surface area (Å²) in [6.45, 7) is 7.39. The Morgan fingerprint density at radius 3 is 1.44 bits per heavy atom. The molecule has 16 nitrogen and oxygen atoms in total. The van der Waals surface area contributed by atoms with Crippen molar-refractivity contribution in [3.05, 3.63) is 72.6 Å². The van der Waals surface area contributed by atoms with Gasteiger partial charge in [-0.1, -0.05) is 76.2 Å². The number of nitrogens with one attached hydrogen (secondary N) is 4. The molecule has 0 unspecified atom stereocenters. The van der Waals surface area contributed by atoms with Gasteiger partial charge in [-0.2, -0.15) is 0 Å². The maximum atomic E-state index is 13.5. The number of aromatic nitrogens is 4. The zero-order valence-electron chi connectivity index (χ0n) is 31.4. The Morgan fingerprint density at radius 2 is 1.07 bits per heavy atom. The van der Waals surface area contributed by atoms with Crippen molar-refractivity contribution in [3.8, 4) is 33.6 Å². The van der Waals surface area contributed by atoms with Gasteiger partial charge in [0.15, 0.2) is 0 Å². The van der Waals surface area contributed by atoms with Crippen LogP contribution in [0.3, 0.4) is 0 Å². The van der Waals surface area contributed by atoms with Gasteiger partial charge in [-0.05, 0) is 34.1 Å². The molecule has 0 radical (unpaired) electrons. The van der Waals surface area contributed by atoms with Crippen molar-refractivity contribution in [2.24, 2.45) is 11.8 Å². The minimum atomic E-state index is -1.28. The fourth-order valence-corrected chi connectivity index (χ4v) is 7.33. The zero-order valence-corrected chi connectivity index (χ0v) is 31.4. The maximum Gasteiger partial charge on any atom is 0.407 e. The first-order valence-electron chi connectivity index (χ1n) is 18.4. The van der Waals surface area contributed by atoms with Gasteiger partial charge in [0.25, 0.3) is 0 Å². The Kier molecular flexibility index (Phi) is 11.6. The molecule has 2 aromatic heterocycles. The quantitative estimate of drug-likeness (QED) is 0.116. The molecule has 292 valence electrons. The molecule has 55 heavy (non-hydrogen) atoms. The molecule has 4 aromatic rings. The van der Waals surface area contributed by atoms with E-state index in [-0.39, 0.29) is 37.3 Å². The van der Waals surface area contributed by atoms with Gasteiger partial charge in [-0.15, -0.1) is 0 Å². The number of amides is 4. The number of hydrogen-bond acceptors (Lipinski definition) is 9. The maximum absolute atomic E-state index is 13.5. The molecule has 7 N–H and O–H groups in total. The minimum absolute atomic E-state index is 0.0832. The molecule has 16 heteroatoms. The number of methoxy groups -OCH3 is 1. The summed E-state index contributed by atoms with van der Waals surface area (Å²) in [6.07, 6.45) is 0.500. The molecule has 0 saturated carbocycles. The average Bonchev–Trinajstić information content (AvgIpc) is 3.98. The van der Waals surface area contributed by atoms with Crippen LogP contribution in [-0.2, 0) is 14.3 Å². The summed E-state index contributed by atoms with van der Waals surface area (Å²) in [5.74, 6) is -0.158. The van der Waals surface area contributed by atoms with Gasteiger partial charge in [0.1, 0.15) is 23.7 Å².